The number of nitrogens with one attached hydrogen (secondary N) is 2. The fraction of sp³-hybridized carbons (Fsp3) is 0.813. The largest absolute Gasteiger partial charge is 0.482 e. The second-order valence-electron chi connectivity index (χ2n) is 27.4. The molecule has 1 saturated heterocycles. The maximum Gasteiger partial charge on any atom is 0.311 e. The number of esters is 4. The van der Waals surface area contributed by atoms with Crippen molar-refractivity contribution >= 4 is 35.7 Å². The van der Waals surface area contributed by atoms with E-state index in [2.05, 4.69) is 49.4 Å². The molecule has 15 heteroatoms. The molecule has 2 aliphatic heterocycles. The Morgan fingerprint density at radius 3 is 1.33 bits per heavy atom. The first-order chi connectivity index (χ1) is 43.9. The summed E-state index contributed by atoms with van der Waals surface area (Å²) in [5.41, 5.74) is 0.0426. The van der Waals surface area contributed by atoms with Gasteiger partial charge in [-0.05, 0) is 57.3 Å². The Bertz CT molecular complexity index is 2140. The van der Waals surface area contributed by atoms with Crippen LogP contribution in [0.5, 0.6) is 11.5 Å². The third kappa shape index (κ3) is 27.6. The van der Waals surface area contributed by atoms with Gasteiger partial charge in [0.1, 0.15) is 37.6 Å². The van der Waals surface area contributed by atoms with Crippen LogP contribution in [-0.4, -0.2) is 109 Å². The van der Waals surface area contributed by atoms with E-state index in [-0.39, 0.29) is 49.8 Å². The maximum absolute atomic E-state index is 14.0. The highest BCUT2D eigenvalue weighted by atomic mass is 16.6. The van der Waals surface area contributed by atoms with Crippen molar-refractivity contribution in [1.82, 2.24) is 15.5 Å². The summed E-state index contributed by atoms with van der Waals surface area (Å²) in [6.45, 7) is 5.76. The molecular weight excluding hydrogens is 1130 g/mol. The van der Waals surface area contributed by atoms with Gasteiger partial charge in [-0.2, -0.15) is 0 Å². The van der Waals surface area contributed by atoms with Gasteiger partial charge in [-0.1, -0.05) is 270 Å². The van der Waals surface area contributed by atoms with E-state index in [1.807, 2.05) is 12.1 Å². The number of ether oxygens (including phenoxy) is 5. The van der Waals surface area contributed by atoms with Crippen LogP contribution in [0.1, 0.15) is 321 Å². The molecule has 2 amide bonds. The van der Waals surface area contributed by atoms with Crippen LogP contribution in [0, 0.1) is 5.92 Å². The van der Waals surface area contributed by atoms with Crippen LogP contribution in [0.4, 0.5) is 0 Å². The van der Waals surface area contributed by atoms with Gasteiger partial charge in [0, 0.05) is 48.6 Å². The minimum absolute atomic E-state index is 0.145. The molecule has 4 aliphatic rings. The summed E-state index contributed by atoms with van der Waals surface area (Å²) >= 11 is 0. The molecule has 5 rings (SSSR count). The number of rotatable bonds is 55. The molecule has 2 heterocycles. The summed E-state index contributed by atoms with van der Waals surface area (Å²) < 4.78 is 30.1. The van der Waals surface area contributed by atoms with Crippen LogP contribution in [0.25, 0.3) is 0 Å². The third-order valence-corrected chi connectivity index (χ3v) is 19.7. The maximum atomic E-state index is 14.0. The quantitative estimate of drug-likeness (QED) is 0.0183. The molecule has 5 atom stereocenters. The van der Waals surface area contributed by atoms with Gasteiger partial charge in [0.25, 0.3) is 0 Å². The molecule has 0 aromatic heterocycles. The monoisotopic (exact) mass is 1260 g/mol. The van der Waals surface area contributed by atoms with Gasteiger partial charge >= 0.3 is 23.9 Å². The number of hydrogen-bond acceptors (Lipinski definition) is 13. The third-order valence-electron chi connectivity index (χ3n) is 19.7. The first-order valence-corrected chi connectivity index (χ1v) is 37.0. The summed E-state index contributed by atoms with van der Waals surface area (Å²) in [6, 6.07) is 3.98. The smallest absolute Gasteiger partial charge is 0.311 e. The van der Waals surface area contributed by atoms with Crippen LogP contribution >= 0.6 is 0 Å². The zero-order valence-electron chi connectivity index (χ0n) is 57.1. The average molecular weight is 1260 g/mol. The molecule has 0 saturated carbocycles. The van der Waals surface area contributed by atoms with Crippen molar-refractivity contribution < 1.29 is 57.6 Å². The van der Waals surface area contributed by atoms with Crippen molar-refractivity contribution in [3.05, 3.63) is 35.4 Å². The number of hydrogen-bond donors (Lipinski definition) is 3. The standard InChI is InChI=1S/C75H125N3O12/c1-5-8-11-14-17-20-23-26-29-32-35-38-41-44-67(82)86-57-74(58-87-68(83)45-42-39-36-33-30-27-24-21-18-15-12-9-6-2,59-88-69(84)46-43-40-37-34-31-28-25-22-19-16-13-10-7-3)77-66(81)56-76-65(80)51-52-70(85)89-64-50-47-60-55-62-61-48-49-63(79)73-75(61,53-54-78(62)4)71(60)72(64)90-73/h47-50,61-63,73,79H,5-46,51-59H2,1-4H3,(H,76,80)(H,77,81)/t61-,62+,63-,73-,75-/m0/s1. The fourth-order valence-corrected chi connectivity index (χ4v) is 14.3. The number of unbranched alkanes of at least 4 members (excludes halogenated alkanes) is 36. The number of carbonyl (C=O) groups is 6. The Labute approximate surface area is 544 Å². The lowest BCUT2D eigenvalue weighted by Gasteiger charge is -2.56. The molecule has 3 N–H and O–H groups in total. The molecule has 2 bridgehead atoms. The Kier molecular flexibility index (Phi) is 38.1. The predicted octanol–water partition coefficient (Wildman–Crippen LogP) is 16.2. The van der Waals surface area contributed by atoms with Gasteiger partial charge in [-0.15, -0.1) is 0 Å². The van der Waals surface area contributed by atoms with Crippen molar-refractivity contribution in [2.45, 2.75) is 345 Å². The molecule has 0 unspecified atom stereocenters. The summed E-state index contributed by atoms with van der Waals surface area (Å²) in [5, 5.41) is 16.6. The lowest BCUT2D eigenvalue weighted by atomic mass is 9.53. The Hall–Kier alpha value is -4.50. The number of likely N-dealkylation sites (tertiary alicyclic amines) is 1. The number of likely N-dealkylation sites (N-methyl/N-ethyl adjacent to an activating group) is 1. The van der Waals surface area contributed by atoms with Gasteiger partial charge in [-0.25, -0.2) is 0 Å². The molecule has 2 aliphatic carbocycles. The van der Waals surface area contributed by atoms with Crippen LogP contribution in [0.15, 0.2) is 24.3 Å². The average Bonchev–Trinajstić information content (AvgIpc) is 1.46. The second kappa shape index (κ2) is 44.9. The number of aliphatic hydroxyl groups excluding tert-OH is 1. The Morgan fingerprint density at radius 2 is 0.922 bits per heavy atom. The molecule has 512 valence electrons. The zero-order chi connectivity index (χ0) is 64.5. The summed E-state index contributed by atoms with van der Waals surface area (Å²) in [6.07, 6.45) is 49.8. The van der Waals surface area contributed by atoms with Gasteiger partial charge in [0.05, 0.1) is 13.0 Å². The van der Waals surface area contributed by atoms with Crippen molar-refractivity contribution in [3.63, 3.8) is 0 Å². The van der Waals surface area contributed by atoms with Gasteiger partial charge < -0.3 is 44.3 Å². The van der Waals surface area contributed by atoms with Crippen molar-refractivity contribution in [1.29, 1.82) is 0 Å². The van der Waals surface area contributed by atoms with Crippen LogP contribution in [-0.2, 0) is 54.8 Å². The highest BCUT2D eigenvalue weighted by molar-refractivity contribution is 5.87. The molecular formula is C75H125N3O12. The number of carbonyl (C=O) groups excluding carboxylic acids is 6. The number of benzene rings is 1. The van der Waals surface area contributed by atoms with Crippen molar-refractivity contribution in [2.24, 2.45) is 5.92 Å². The summed E-state index contributed by atoms with van der Waals surface area (Å²) in [5.74, 6) is -2.49. The zero-order valence-corrected chi connectivity index (χ0v) is 57.1. The van der Waals surface area contributed by atoms with E-state index < -0.39 is 85.2 Å². The SMILES string of the molecule is CCCCCCCCCCCCCCCC(=O)OCC(COC(=O)CCCCCCCCCCCCCCC)(COC(=O)CCCCCCCCCCCCCCC)NC(=O)CNC(=O)CCC(=O)Oc1ccc2c3c1O[C@H]1[C@@H](O)C=C[C@H]4[C@@H](C2)N(C)CC[C@@]341. The summed E-state index contributed by atoms with van der Waals surface area (Å²) in [4.78, 5) is 83.6. The van der Waals surface area contributed by atoms with E-state index in [1.165, 1.54) is 173 Å². The molecule has 0 radical (unpaired) electrons. The van der Waals surface area contributed by atoms with E-state index in [4.69, 9.17) is 23.7 Å². The lowest BCUT2D eigenvalue weighted by molar-refractivity contribution is -0.159. The number of aliphatic hydroxyl groups is 1. The predicted molar refractivity (Wildman–Crippen MR) is 358 cm³/mol. The normalized spacial score (nSPS) is 18.8. The molecule has 1 spiro atoms. The van der Waals surface area contributed by atoms with Gasteiger partial charge in [0.15, 0.2) is 11.5 Å². The fourth-order valence-electron chi connectivity index (χ4n) is 14.3. The van der Waals surface area contributed by atoms with E-state index in [1.54, 1.807) is 6.07 Å². The molecule has 1 aromatic rings. The second-order valence-corrected chi connectivity index (χ2v) is 27.4. The van der Waals surface area contributed by atoms with E-state index in [0.29, 0.717) is 25.0 Å². The number of piperidine rings is 1. The minimum atomic E-state index is -1.66. The molecule has 15 nitrogen and oxygen atoms in total. The number of amides is 2. The van der Waals surface area contributed by atoms with Crippen LogP contribution in [0.2, 0.25) is 0 Å². The highest BCUT2D eigenvalue weighted by Crippen LogP contribution is 2.62. The summed E-state index contributed by atoms with van der Waals surface area (Å²) in [7, 11) is 2.14. The molecule has 90 heavy (non-hydrogen) atoms. The van der Waals surface area contributed by atoms with Crippen LogP contribution in [0.3, 0.4) is 0 Å². The Balaban J connectivity index is 1.15. The van der Waals surface area contributed by atoms with E-state index in [0.717, 1.165) is 88.3 Å². The van der Waals surface area contributed by atoms with Crippen molar-refractivity contribution in [3.8, 4) is 11.5 Å². The van der Waals surface area contributed by atoms with Crippen LogP contribution < -0.4 is 20.1 Å². The van der Waals surface area contributed by atoms with Gasteiger partial charge in [0.2, 0.25) is 11.8 Å². The van der Waals surface area contributed by atoms with Gasteiger partial charge in [-0.3, -0.25) is 28.8 Å². The lowest BCUT2D eigenvalue weighted by Crippen LogP contribution is -2.64. The number of nitrogens with zero attached hydrogens (tertiary/aromatic N) is 1. The first-order valence-electron chi connectivity index (χ1n) is 37.0. The van der Waals surface area contributed by atoms with E-state index >= 15 is 0 Å². The molecule has 1 aromatic carbocycles. The molecule has 1 fully saturated rings. The minimum Gasteiger partial charge on any atom is -0.482 e. The highest BCUT2D eigenvalue weighted by Gasteiger charge is 2.64. The first kappa shape index (κ1) is 76.2. The Morgan fingerprint density at radius 1 is 0.522 bits per heavy atom. The van der Waals surface area contributed by atoms with E-state index in [9.17, 15) is 33.9 Å². The topological polar surface area (TPSA) is 196 Å². The van der Waals surface area contributed by atoms with Crippen molar-refractivity contribution in [2.75, 3.05) is 40.0 Å².